The number of H-pyrrole nitrogens is 2. The lowest BCUT2D eigenvalue weighted by molar-refractivity contribution is -0.254. The fourth-order valence-corrected chi connectivity index (χ4v) is 8.65. The molecule has 0 saturated carbocycles. The Morgan fingerprint density at radius 1 is 0.361 bits per heavy atom. The van der Waals surface area contributed by atoms with E-state index in [1.54, 1.807) is 72.8 Å². The summed E-state index contributed by atoms with van der Waals surface area (Å²) < 4.78 is 97.9. The van der Waals surface area contributed by atoms with Crippen molar-refractivity contribution >= 4 is 91.8 Å². The molecule has 0 unspecified atom stereocenters. The summed E-state index contributed by atoms with van der Waals surface area (Å²) in [6.07, 6.45) is 3.66. The standard InChI is InChI=1S/C47H24Cl4F6N4/c48-27-9-1-23(2-10-27)37-31-17-18-32(58-31)38(24-3-11-28(49)12-4-24)34-20-22-36(60-34)40(26-7-15-30(51)16-8-26)44-42-41(45(52,53)47(56,57)46(42,54)55)43(61-44)39(35-21-19-33(37)59-35)25-5-13-29(50)14-6-25/h1-22,59-60H. The smallest absolute Gasteiger partial charge is 0.354 e. The van der Waals surface area contributed by atoms with Gasteiger partial charge in [-0.25, -0.2) is 9.97 Å². The monoisotopic (exact) mass is 898 g/mol. The van der Waals surface area contributed by atoms with Crippen molar-refractivity contribution in [3.63, 3.8) is 0 Å². The number of hydrogen-bond donors (Lipinski definition) is 2. The van der Waals surface area contributed by atoms with Crippen LogP contribution in [0.25, 0.3) is 89.9 Å². The van der Waals surface area contributed by atoms with Gasteiger partial charge in [0.25, 0.3) is 0 Å². The highest BCUT2D eigenvalue weighted by Gasteiger charge is 2.82. The van der Waals surface area contributed by atoms with Crippen molar-refractivity contribution in [2.45, 2.75) is 17.8 Å². The summed E-state index contributed by atoms with van der Waals surface area (Å²) in [5, 5.41) is 1.50. The maximum Gasteiger partial charge on any atom is 0.380 e. The minimum atomic E-state index is -5.85. The molecule has 0 spiro atoms. The molecule has 0 saturated heterocycles. The Bertz CT molecular complexity index is 2980. The fourth-order valence-electron chi connectivity index (χ4n) is 8.15. The number of hydrogen-bond acceptors (Lipinski definition) is 2. The molecule has 2 N–H and O–H groups in total. The van der Waals surface area contributed by atoms with Gasteiger partial charge >= 0.3 is 17.8 Å². The third kappa shape index (κ3) is 6.14. The van der Waals surface area contributed by atoms with Gasteiger partial charge in [-0.1, -0.05) is 94.9 Å². The molecular weight excluding hydrogens is 876 g/mol. The van der Waals surface area contributed by atoms with Crippen molar-refractivity contribution in [3.05, 3.63) is 164 Å². The maximum atomic E-state index is 16.5. The van der Waals surface area contributed by atoms with E-state index in [0.29, 0.717) is 54.7 Å². The number of fused-ring (bicyclic) bond motifs is 10. The van der Waals surface area contributed by atoms with Crippen LogP contribution in [0.3, 0.4) is 0 Å². The first-order valence-electron chi connectivity index (χ1n) is 18.6. The van der Waals surface area contributed by atoms with Crippen molar-refractivity contribution in [1.29, 1.82) is 0 Å². The van der Waals surface area contributed by atoms with Crippen LogP contribution in [0.15, 0.2) is 121 Å². The second-order valence-electron chi connectivity index (χ2n) is 14.6. The van der Waals surface area contributed by atoms with Crippen molar-refractivity contribution in [3.8, 4) is 44.5 Å². The average Bonchev–Trinajstić information content (AvgIpc) is 4.08. The molecule has 0 radical (unpaired) electrons. The van der Waals surface area contributed by atoms with Gasteiger partial charge in [-0.2, -0.15) is 26.3 Å². The van der Waals surface area contributed by atoms with E-state index in [0.717, 1.165) is 0 Å². The van der Waals surface area contributed by atoms with Crippen LogP contribution in [0.1, 0.15) is 22.8 Å². The topological polar surface area (TPSA) is 57.4 Å². The van der Waals surface area contributed by atoms with Crippen LogP contribution in [-0.2, 0) is 0 Å². The van der Waals surface area contributed by atoms with Gasteiger partial charge in [0.1, 0.15) is 0 Å². The van der Waals surface area contributed by atoms with E-state index < -0.39 is 40.3 Å². The number of nitrogens with zero attached hydrogens (tertiary/aromatic N) is 2. The van der Waals surface area contributed by atoms with Crippen LogP contribution in [0, 0.1) is 0 Å². The Kier molecular flexibility index (Phi) is 9.12. The van der Waals surface area contributed by atoms with Gasteiger partial charge in [-0.15, -0.1) is 0 Å². The molecule has 3 aromatic heterocycles. The van der Waals surface area contributed by atoms with Gasteiger partial charge in [-0.3, -0.25) is 0 Å². The summed E-state index contributed by atoms with van der Waals surface area (Å²) in [5.74, 6) is -16.6. The number of halogens is 10. The van der Waals surface area contributed by atoms with Crippen LogP contribution < -0.4 is 0 Å². The molecule has 1 aliphatic carbocycles. The second kappa shape index (κ2) is 14.1. The lowest BCUT2D eigenvalue weighted by atomic mass is 9.95. The number of aromatic nitrogens is 4. The van der Waals surface area contributed by atoms with E-state index in [2.05, 4.69) is 15.0 Å². The van der Waals surface area contributed by atoms with Gasteiger partial charge in [-0.05, 0) is 107 Å². The van der Waals surface area contributed by atoms with Gasteiger partial charge in [0.15, 0.2) is 0 Å². The highest BCUT2D eigenvalue weighted by molar-refractivity contribution is 6.31. The largest absolute Gasteiger partial charge is 0.380 e. The lowest BCUT2D eigenvalue weighted by Crippen LogP contribution is -2.49. The van der Waals surface area contributed by atoms with E-state index in [1.807, 2.05) is 12.2 Å². The molecule has 4 nitrogen and oxygen atoms in total. The predicted octanol–water partition coefficient (Wildman–Crippen LogP) is 15.6. The average molecular weight is 901 g/mol. The fraction of sp³-hybridized carbons (Fsp3) is 0.0638. The first-order valence-corrected chi connectivity index (χ1v) is 20.1. The number of nitrogens with one attached hydrogen (secondary N) is 2. The Balaban J connectivity index is 1.47. The molecule has 5 heterocycles. The summed E-state index contributed by atoms with van der Waals surface area (Å²) in [5.41, 5.74) is -0.201. The second-order valence-corrected chi connectivity index (χ2v) is 16.3. The van der Waals surface area contributed by atoms with Crippen molar-refractivity contribution < 1.29 is 26.3 Å². The van der Waals surface area contributed by atoms with E-state index in [-0.39, 0.29) is 43.3 Å². The molecule has 8 bridgehead atoms. The summed E-state index contributed by atoms with van der Waals surface area (Å²) in [4.78, 5) is 16.3. The highest BCUT2D eigenvalue weighted by atomic mass is 35.5. The molecule has 4 aromatic carbocycles. The summed E-state index contributed by atoms with van der Waals surface area (Å²) in [7, 11) is 0. The maximum absolute atomic E-state index is 16.5. The third-order valence-electron chi connectivity index (χ3n) is 11.0. The molecule has 7 aromatic rings. The van der Waals surface area contributed by atoms with E-state index in [4.69, 9.17) is 51.4 Å². The predicted molar refractivity (Wildman–Crippen MR) is 233 cm³/mol. The molecule has 61 heavy (non-hydrogen) atoms. The molecule has 0 fully saturated rings. The van der Waals surface area contributed by atoms with Gasteiger partial charge in [0.05, 0.1) is 33.9 Å². The molecule has 14 heteroatoms. The summed E-state index contributed by atoms with van der Waals surface area (Å²) in [6, 6.07) is 32.2. The molecular formula is C47H24Cl4F6N4. The van der Waals surface area contributed by atoms with Crippen LogP contribution in [0.2, 0.25) is 20.1 Å². The van der Waals surface area contributed by atoms with Gasteiger partial charge < -0.3 is 9.97 Å². The normalized spacial score (nSPS) is 16.0. The Labute approximate surface area is 362 Å². The number of aromatic amines is 2. The Hall–Kier alpha value is -5.78. The third-order valence-corrected chi connectivity index (χ3v) is 12.0. The van der Waals surface area contributed by atoms with Crippen molar-refractivity contribution in [2.24, 2.45) is 0 Å². The molecule has 2 aliphatic heterocycles. The van der Waals surface area contributed by atoms with E-state index in [9.17, 15) is 0 Å². The first-order chi connectivity index (χ1) is 29.1. The van der Waals surface area contributed by atoms with Crippen LogP contribution in [-0.4, -0.2) is 37.7 Å². The highest BCUT2D eigenvalue weighted by Crippen LogP contribution is 2.67. The van der Waals surface area contributed by atoms with Crippen molar-refractivity contribution in [2.75, 3.05) is 0 Å². The zero-order valence-corrected chi connectivity index (χ0v) is 33.9. The molecule has 0 amide bonds. The number of allylic oxidation sites excluding steroid dienone is 2. The zero-order chi connectivity index (χ0) is 42.6. The van der Waals surface area contributed by atoms with Crippen LogP contribution in [0.4, 0.5) is 26.3 Å². The number of rotatable bonds is 4. The summed E-state index contributed by atoms with van der Waals surface area (Å²) >= 11 is 25.2. The quantitative estimate of drug-likeness (QED) is 0.173. The van der Waals surface area contributed by atoms with Gasteiger partial charge in [0.2, 0.25) is 0 Å². The van der Waals surface area contributed by atoms with Crippen LogP contribution in [0.5, 0.6) is 0 Å². The van der Waals surface area contributed by atoms with E-state index >= 15 is 26.3 Å². The van der Waals surface area contributed by atoms with E-state index in [1.165, 1.54) is 48.5 Å². The minimum Gasteiger partial charge on any atom is -0.354 e. The lowest BCUT2D eigenvalue weighted by Gasteiger charge is -2.27. The zero-order valence-electron chi connectivity index (χ0n) is 30.9. The number of benzene rings is 4. The Morgan fingerprint density at radius 3 is 0.951 bits per heavy atom. The molecule has 0 atom stereocenters. The molecule has 10 rings (SSSR count). The molecule has 302 valence electrons. The summed E-state index contributed by atoms with van der Waals surface area (Å²) in [6.45, 7) is 0. The molecule has 3 aliphatic rings. The number of alkyl halides is 6. The first kappa shape index (κ1) is 39.4. The van der Waals surface area contributed by atoms with Crippen molar-refractivity contribution in [1.82, 2.24) is 19.9 Å². The minimum absolute atomic E-state index is 0.104. The Morgan fingerprint density at radius 2 is 0.639 bits per heavy atom. The van der Waals surface area contributed by atoms with Gasteiger partial charge in [0, 0.05) is 64.4 Å². The van der Waals surface area contributed by atoms with Crippen LogP contribution >= 0.6 is 46.4 Å². The SMILES string of the molecule is FC1(F)C2=C(c3nc2c(-c2ccc(Cl)cc2)c2ccc([nH]2)c(-c2ccc(Cl)cc2)c2nc(c(-c4ccc(Cl)cc4)c4ccc([nH]4)c3-c3ccc(Cl)cc3)C=C2)C(F)(F)C1(F)F.